The summed E-state index contributed by atoms with van der Waals surface area (Å²) in [6.07, 6.45) is 5.15. The number of hydrogen-bond donors (Lipinski definition) is 2. The Morgan fingerprint density at radius 1 is 1.22 bits per heavy atom. The summed E-state index contributed by atoms with van der Waals surface area (Å²) >= 11 is 0. The second-order valence-corrected chi connectivity index (χ2v) is 14.4. The maximum absolute atomic E-state index is 15.3. The highest BCUT2D eigenvalue weighted by molar-refractivity contribution is 6.01. The SMILES string of the molecule is COC(=O)N[C@@H](C(=O)N1C[C@@H]2[C@H]3C[C@@H]([C@@H]2[C@H]1C(=O)N1C[C@@]2(C[C@H]1C#N)Oc1cccnc1NC2=O)[C@H](F)C3)C12CCC(CC1)C2. The zero-order chi connectivity index (χ0) is 31.2. The van der Waals surface area contributed by atoms with Crippen LogP contribution in [0.5, 0.6) is 5.75 Å². The number of pyridine rings is 1. The fraction of sp³-hybridized carbons (Fsp3) is 0.688. The summed E-state index contributed by atoms with van der Waals surface area (Å²) in [6.45, 7) is 0.0988. The topological polar surface area (TPSA) is 154 Å². The van der Waals surface area contributed by atoms with Crippen LogP contribution in [-0.4, -0.2) is 88.7 Å². The molecule has 8 rings (SSSR count). The van der Waals surface area contributed by atoms with Crippen LogP contribution in [0.1, 0.15) is 51.4 Å². The van der Waals surface area contributed by atoms with Crippen molar-refractivity contribution in [3.8, 4) is 11.8 Å². The first-order valence-electron chi connectivity index (χ1n) is 16.1. The molecule has 0 aromatic carbocycles. The van der Waals surface area contributed by atoms with Gasteiger partial charge >= 0.3 is 6.09 Å². The Morgan fingerprint density at radius 2 is 2.02 bits per heavy atom. The summed E-state index contributed by atoms with van der Waals surface area (Å²) in [4.78, 5) is 62.5. The molecule has 13 heteroatoms. The quantitative estimate of drug-likeness (QED) is 0.520. The molecule has 6 fully saturated rings. The summed E-state index contributed by atoms with van der Waals surface area (Å²) < 4.78 is 26.4. The molecule has 4 heterocycles. The third kappa shape index (κ3) is 4.09. The first-order valence-corrected chi connectivity index (χ1v) is 16.1. The van der Waals surface area contributed by atoms with Crippen LogP contribution in [0.25, 0.3) is 0 Å². The number of amides is 4. The first-order chi connectivity index (χ1) is 21.7. The number of likely N-dealkylation sites (tertiary alicyclic amines) is 2. The van der Waals surface area contributed by atoms with Crippen molar-refractivity contribution in [2.75, 3.05) is 25.5 Å². The van der Waals surface area contributed by atoms with E-state index in [-0.39, 0.29) is 42.4 Å². The van der Waals surface area contributed by atoms with E-state index in [0.717, 1.165) is 32.1 Å². The van der Waals surface area contributed by atoms with Crippen LogP contribution in [0, 0.1) is 46.3 Å². The van der Waals surface area contributed by atoms with Gasteiger partial charge in [-0.15, -0.1) is 0 Å². The number of hydrogen-bond acceptors (Lipinski definition) is 8. The van der Waals surface area contributed by atoms with Gasteiger partial charge in [0.2, 0.25) is 17.4 Å². The zero-order valence-electron chi connectivity index (χ0n) is 25.1. The van der Waals surface area contributed by atoms with Gasteiger partial charge in [0, 0.05) is 24.6 Å². The van der Waals surface area contributed by atoms with Crippen molar-refractivity contribution in [2.24, 2.45) is 35.0 Å². The minimum absolute atomic E-state index is 0.0552. The smallest absolute Gasteiger partial charge is 0.407 e. The molecule has 45 heavy (non-hydrogen) atoms. The molecule has 3 aliphatic heterocycles. The molecular weight excluding hydrogens is 583 g/mol. The average molecular weight is 621 g/mol. The van der Waals surface area contributed by atoms with E-state index in [0.29, 0.717) is 31.1 Å². The van der Waals surface area contributed by atoms with E-state index in [9.17, 15) is 24.4 Å². The number of nitrogens with one attached hydrogen (secondary N) is 2. The normalized spacial score (nSPS) is 40.9. The van der Waals surface area contributed by atoms with Crippen LogP contribution in [0.2, 0.25) is 0 Å². The van der Waals surface area contributed by atoms with Crippen LogP contribution in [0.4, 0.5) is 15.0 Å². The molecular formula is C32H37FN6O6. The number of carbonyl (C=O) groups excluding carboxylic acids is 4. The van der Waals surface area contributed by atoms with Crippen molar-refractivity contribution in [2.45, 2.75) is 81.3 Å². The Hall–Kier alpha value is -3.95. The molecule has 0 radical (unpaired) electrons. The molecule has 4 saturated carbocycles. The monoisotopic (exact) mass is 620 g/mol. The van der Waals surface area contributed by atoms with Crippen molar-refractivity contribution < 1.29 is 33.0 Å². The van der Waals surface area contributed by atoms with Gasteiger partial charge in [0.15, 0.2) is 11.6 Å². The van der Waals surface area contributed by atoms with Gasteiger partial charge in [-0.3, -0.25) is 14.4 Å². The highest BCUT2D eigenvalue weighted by Gasteiger charge is 2.66. The van der Waals surface area contributed by atoms with Crippen LogP contribution in [0.15, 0.2) is 18.3 Å². The Balaban J connectivity index is 1.14. The summed E-state index contributed by atoms with van der Waals surface area (Å²) in [7, 11) is 1.26. The Morgan fingerprint density at radius 3 is 2.73 bits per heavy atom. The first kappa shape index (κ1) is 28.5. The highest BCUT2D eigenvalue weighted by Crippen LogP contribution is 2.60. The lowest BCUT2D eigenvalue weighted by atomic mass is 9.76. The zero-order valence-corrected chi connectivity index (χ0v) is 25.1. The lowest BCUT2D eigenvalue weighted by Crippen LogP contribution is -2.61. The van der Waals surface area contributed by atoms with Gasteiger partial charge in [0.05, 0.1) is 19.7 Å². The molecule has 2 saturated heterocycles. The molecule has 4 amide bonds. The number of nitriles is 1. The number of ether oxygens (including phenoxy) is 2. The summed E-state index contributed by atoms with van der Waals surface area (Å²) in [5.74, 6) is -0.988. The average Bonchev–Trinajstić information content (AvgIpc) is 3.88. The van der Waals surface area contributed by atoms with Gasteiger partial charge in [-0.2, -0.15) is 5.26 Å². The van der Waals surface area contributed by atoms with E-state index in [4.69, 9.17) is 9.47 Å². The predicted molar refractivity (Wildman–Crippen MR) is 154 cm³/mol. The van der Waals surface area contributed by atoms with E-state index in [1.54, 1.807) is 17.0 Å². The van der Waals surface area contributed by atoms with Crippen molar-refractivity contribution in [3.63, 3.8) is 0 Å². The number of rotatable bonds is 4. The van der Waals surface area contributed by atoms with E-state index >= 15 is 4.39 Å². The van der Waals surface area contributed by atoms with Crippen molar-refractivity contribution in [1.29, 1.82) is 5.26 Å². The maximum atomic E-state index is 15.3. The van der Waals surface area contributed by atoms with Gasteiger partial charge in [0.1, 0.15) is 24.3 Å². The number of aromatic nitrogens is 1. The molecule has 1 aromatic heterocycles. The fourth-order valence-electron chi connectivity index (χ4n) is 10.4. The standard InChI is InChI=1S/C32H37FN6O6/c1-44-30(43)36-25(31-6-4-16(11-31)5-7-31)28(41)38-14-20-17-9-19(21(33)10-17)23(20)24(38)27(40)39-15-32(12-18(39)13-34)29(42)37-26-22(45-32)3-2-8-35-26/h2-3,8,16-21,23-25H,4-7,9-12,14-15H2,1H3,(H,36,43)(H,35,37,42)/t16?,17-,18-,19+,20+,21+,23-,24-,25-,31?,32+/m0/s1. The third-order valence-electron chi connectivity index (χ3n) is 12.4. The fourth-order valence-corrected chi connectivity index (χ4v) is 10.4. The Kier molecular flexibility index (Phi) is 6.35. The third-order valence-corrected chi connectivity index (χ3v) is 12.4. The van der Waals surface area contributed by atoms with Crippen molar-refractivity contribution in [1.82, 2.24) is 20.1 Å². The van der Waals surface area contributed by atoms with Crippen LogP contribution >= 0.6 is 0 Å². The number of nitrogens with zero attached hydrogens (tertiary/aromatic N) is 4. The number of halogens is 1. The van der Waals surface area contributed by atoms with E-state index in [1.165, 1.54) is 18.2 Å². The molecule has 1 aromatic rings. The van der Waals surface area contributed by atoms with Crippen LogP contribution in [0.3, 0.4) is 0 Å². The number of anilines is 1. The predicted octanol–water partition coefficient (Wildman–Crippen LogP) is 2.40. The second-order valence-electron chi connectivity index (χ2n) is 14.4. The summed E-state index contributed by atoms with van der Waals surface area (Å²) in [5, 5.41) is 15.8. The number of methoxy groups -OCH3 is 1. The van der Waals surface area contributed by atoms with Gasteiger partial charge in [-0.1, -0.05) is 0 Å². The molecule has 9 atom stereocenters. The van der Waals surface area contributed by atoms with E-state index in [2.05, 4.69) is 21.7 Å². The van der Waals surface area contributed by atoms with Gasteiger partial charge in [-0.05, 0) is 86.7 Å². The lowest BCUT2D eigenvalue weighted by Gasteiger charge is -2.40. The molecule has 1 spiro atoms. The van der Waals surface area contributed by atoms with Gasteiger partial charge < -0.3 is 29.9 Å². The minimum Gasteiger partial charge on any atom is -0.472 e. The van der Waals surface area contributed by atoms with Crippen molar-refractivity contribution in [3.05, 3.63) is 18.3 Å². The molecule has 238 valence electrons. The number of carbonyl (C=O) groups is 4. The van der Waals surface area contributed by atoms with Gasteiger partial charge in [0.25, 0.3) is 5.91 Å². The maximum Gasteiger partial charge on any atom is 0.407 e. The molecule has 2 N–H and O–H groups in total. The minimum atomic E-state index is -1.51. The van der Waals surface area contributed by atoms with E-state index < -0.39 is 59.1 Å². The molecule has 7 aliphatic rings. The van der Waals surface area contributed by atoms with Crippen LogP contribution < -0.4 is 15.4 Å². The summed E-state index contributed by atoms with van der Waals surface area (Å²) in [5.41, 5.74) is -1.93. The highest BCUT2D eigenvalue weighted by atomic mass is 19.1. The Bertz CT molecular complexity index is 1510. The molecule has 0 unspecified atom stereocenters. The van der Waals surface area contributed by atoms with E-state index in [1.807, 2.05) is 0 Å². The molecule has 4 aliphatic carbocycles. The summed E-state index contributed by atoms with van der Waals surface area (Å²) in [6, 6.07) is 2.63. The number of fused-ring (bicyclic) bond motifs is 8. The van der Waals surface area contributed by atoms with Crippen LogP contribution in [-0.2, 0) is 19.1 Å². The number of alkyl halides is 1. The van der Waals surface area contributed by atoms with Gasteiger partial charge in [-0.25, -0.2) is 14.2 Å². The largest absolute Gasteiger partial charge is 0.472 e. The number of alkyl carbamates (subject to hydrolysis) is 1. The van der Waals surface area contributed by atoms with Crippen molar-refractivity contribution >= 4 is 29.6 Å². The molecule has 4 bridgehead atoms. The lowest BCUT2D eigenvalue weighted by molar-refractivity contribution is -0.149. The molecule has 12 nitrogen and oxygen atoms in total. The second kappa shape index (κ2) is 10.0. The Labute approximate surface area is 260 Å².